The Morgan fingerprint density at radius 1 is 0.706 bits per heavy atom. The number of hydrogen-bond acceptors (Lipinski definition) is 7. The van der Waals surface area contributed by atoms with Gasteiger partial charge in [0.15, 0.2) is 0 Å². The second-order valence-electron chi connectivity index (χ2n) is 2.51. The topological polar surface area (TPSA) is 158 Å². The van der Waals surface area contributed by atoms with E-state index in [0.29, 0.717) is 0 Å². The third-order valence-corrected chi connectivity index (χ3v) is 1.08. The molecule has 0 aliphatic heterocycles. The van der Waals surface area contributed by atoms with Crippen LogP contribution in [0.2, 0.25) is 0 Å². The van der Waals surface area contributed by atoms with Gasteiger partial charge in [-0.25, -0.2) is 0 Å². The van der Waals surface area contributed by atoms with Crippen molar-refractivity contribution >= 4 is 23.9 Å². The van der Waals surface area contributed by atoms with Crippen LogP contribution < -0.4 is 15.3 Å². The summed E-state index contributed by atoms with van der Waals surface area (Å²) in [6.45, 7) is 0. The van der Waals surface area contributed by atoms with Crippen LogP contribution in [0.3, 0.4) is 0 Å². The first-order valence-electron chi connectivity index (χ1n) is 4.07. The van der Waals surface area contributed by atoms with Gasteiger partial charge in [-0.3, -0.25) is 4.79 Å². The fraction of sp³-hybridized carbons (Fsp3) is 0.500. The van der Waals surface area contributed by atoms with Crippen molar-refractivity contribution in [1.29, 1.82) is 0 Å². The Hall–Kier alpha value is -1.60. The largest absolute Gasteiger partial charge is 3.00 e. The second-order valence-corrected chi connectivity index (χ2v) is 2.51. The van der Waals surface area contributed by atoms with E-state index in [-0.39, 0.29) is 23.5 Å². The number of carboxylic acid groups (broad SMARTS) is 4. The van der Waals surface area contributed by atoms with Crippen molar-refractivity contribution in [2.45, 2.75) is 25.7 Å². The van der Waals surface area contributed by atoms with E-state index in [2.05, 4.69) is 0 Å². The van der Waals surface area contributed by atoms with Crippen molar-refractivity contribution in [2.24, 2.45) is 0 Å². The minimum absolute atomic E-state index is 0. The van der Waals surface area contributed by atoms with Crippen LogP contribution in [0.1, 0.15) is 25.7 Å². The second kappa shape index (κ2) is 12.5. The molecule has 17 heavy (non-hydrogen) atoms. The van der Waals surface area contributed by atoms with E-state index in [1.165, 1.54) is 0 Å². The molecule has 0 unspecified atom stereocenters. The van der Waals surface area contributed by atoms with Crippen molar-refractivity contribution in [3.8, 4) is 0 Å². The molecule has 8 nitrogen and oxygen atoms in total. The fourth-order valence-corrected chi connectivity index (χ4v) is 0.413. The van der Waals surface area contributed by atoms with Gasteiger partial charge in [-0.2, -0.15) is 0 Å². The summed E-state index contributed by atoms with van der Waals surface area (Å²) in [5, 5.41) is 36.4. The van der Waals surface area contributed by atoms with Gasteiger partial charge in [-0.1, -0.05) is 0 Å². The summed E-state index contributed by atoms with van der Waals surface area (Å²) in [6.07, 6.45) is -1.71. The summed E-state index contributed by atoms with van der Waals surface area (Å²) in [6, 6.07) is 0. The van der Waals surface area contributed by atoms with Crippen LogP contribution in [0.4, 0.5) is 0 Å². The first-order chi connectivity index (χ1) is 7.25. The van der Waals surface area contributed by atoms with Gasteiger partial charge in [0.05, 0.1) is 6.42 Å². The van der Waals surface area contributed by atoms with Gasteiger partial charge in [0.2, 0.25) is 0 Å². The number of hydrogen-bond donors (Lipinski definition) is 1. The predicted molar refractivity (Wildman–Crippen MR) is 41.1 cm³/mol. The van der Waals surface area contributed by atoms with E-state index in [4.69, 9.17) is 5.11 Å². The molecule has 0 aliphatic carbocycles. The molecule has 0 spiro atoms. The van der Waals surface area contributed by atoms with Crippen molar-refractivity contribution in [2.75, 3.05) is 0 Å². The molecule has 0 aromatic rings. The molecule has 1 N–H and O–H groups in total. The van der Waals surface area contributed by atoms with Gasteiger partial charge in [-0.15, -0.1) is 0 Å². The minimum Gasteiger partial charge on any atom is -0.550 e. The first kappa shape index (κ1) is 20.8. The van der Waals surface area contributed by atoms with E-state index in [1.807, 2.05) is 0 Å². The molecule has 0 fully saturated rings. The molecule has 1 radical (unpaired) electrons. The molecule has 0 aromatic carbocycles. The zero-order valence-electron chi connectivity index (χ0n) is 8.49. The SMILES string of the molecule is O=C([O-])CCC(=O)O.O=C([O-])CCC(=O)[O-].[Fe+3]. The molecule has 0 heterocycles. The Morgan fingerprint density at radius 3 is 1.06 bits per heavy atom. The van der Waals surface area contributed by atoms with E-state index in [0.717, 1.165) is 0 Å². The number of rotatable bonds is 6. The average molecular weight is 289 g/mol. The van der Waals surface area contributed by atoms with Crippen LogP contribution in [0.25, 0.3) is 0 Å². The van der Waals surface area contributed by atoms with Crippen LogP contribution in [-0.2, 0) is 36.2 Å². The van der Waals surface area contributed by atoms with Gasteiger partial charge >= 0.3 is 23.0 Å². The summed E-state index contributed by atoms with van der Waals surface area (Å²) in [7, 11) is 0. The third-order valence-electron chi connectivity index (χ3n) is 1.08. The van der Waals surface area contributed by atoms with Crippen LogP contribution in [0, 0.1) is 0 Å². The van der Waals surface area contributed by atoms with Gasteiger partial charge in [0, 0.05) is 17.9 Å². The van der Waals surface area contributed by atoms with E-state index in [9.17, 15) is 34.5 Å². The average Bonchev–Trinajstić information content (AvgIpc) is 2.12. The third kappa shape index (κ3) is 31.4. The number of carbonyl (C=O) groups is 4. The van der Waals surface area contributed by atoms with Crippen molar-refractivity contribution in [3.63, 3.8) is 0 Å². The fourth-order valence-electron chi connectivity index (χ4n) is 0.413. The molecule has 0 saturated carbocycles. The molecule has 0 amide bonds. The predicted octanol–water partition coefficient (Wildman–Crippen LogP) is -4.13. The Kier molecular flexibility index (Phi) is 15.2. The smallest absolute Gasteiger partial charge is 0.550 e. The molecule has 9 heteroatoms. The Bertz CT molecular complexity index is 219. The van der Waals surface area contributed by atoms with Crippen LogP contribution in [0.15, 0.2) is 0 Å². The maximum atomic E-state index is 9.61. The molecular formula is C8H9FeO8. The monoisotopic (exact) mass is 289 g/mol. The zero-order valence-corrected chi connectivity index (χ0v) is 9.59. The Labute approximate surface area is 107 Å². The summed E-state index contributed by atoms with van der Waals surface area (Å²) in [5.41, 5.74) is 0. The molecule has 0 rings (SSSR count). The molecule has 0 aromatic heterocycles. The minimum atomic E-state index is -1.37. The van der Waals surface area contributed by atoms with Gasteiger partial charge < -0.3 is 34.8 Å². The van der Waals surface area contributed by atoms with E-state index in [1.54, 1.807) is 0 Å². The Morgan fingerprint density at radius 2 is 0.941 bits per heavy atom. The summed E-state index contributed by atoms with van der Waals surface area (Å²) in [4.78, 5) is 38.1. The van der Waals surface area contributed by atoms with Gasteiger partial charge in [0.25, 0.3) is 0 Å². The number of carbonyl (C=O) groups excluding carboxylic acids is 3. The first-order valence-corrected chi connectivity index (χ1v) is 4.07. The maximum Gasteiger partial charge on any atom is 3.00 e. The van der Waals surface area contributed by atoms with Gasteiger partial charge in [-0.05, 0) is 19.3 Å². The van der Waals surface area contributed by atoms with Gasteiger partial charge in [0.1, 0.15) is 0 Å². The molecule has 97 valence electrons. The molecular weight excluding hydrogens is 280 g/mol. The molecule has 0 saturated heterocycles. The number of carboxylic acids is 4. The van der Waals surface area contributed by atoms with E-state index >= 15 is 0 Å². The summed E-state index contributed by atoms with van der Waals surface area (Å²) < 4.78 is 0. The molecule has 0 aliphatic rings. The standard InChI is InChI=1S/2C4H6O4.Fe/c2*5-3(6)1-2-4(7)8;/h2*1-2H2,(H,5,6)(H,7,8);/q;;+3/p-3. The van der Waals surface area contributed by atoms with Crippen LogP contribution >= 0.6 is 0 Å². The van der Waals surface area contributed by atoms with Crippen molar-refractivity contribution < 1.29 is 56.7 Å². The molecule has 0 atom stereocenters. The Balaban J connectivity index is -0.000000218. The number of aliphatic carboxylic acids is 4. The maximum absolute atomic E-state index is 9.61. The summed E-state index contributed by atoms with van der Waals surface area (Å²) >= 11 is 0. The molecule has 0 bridgehead atoms. The van der Waals surface area contributed by atoms with Crippen LogP contribution in [0.5, 0.6) is 0 Å². The van der Waals surface area contributed by atoms with Crippen LogP contribution in [-0.4, -0.2) is 29.0 Å². The van der Waals surface area contributed by atoms with Crippen molar-refractivity contribution in [1.82, 2.24) is 0 Å². The van der Waals surface area contributed by atoms with E-state index < -0.39 is 43.1 Å². The zero-order chi connectivity index (χ0) is 13.1. The normalized spacial score (nSPS) is 8.00. The quantitative estimate of drug-likeness (QED) is 0.482. The summed E-state index contributed by atoms with van der Waals surface area (Å²) in [5.74, 6) is -5.18. The van der Waals surface area contributed by atoms with Crippen molar-refractivity contribution in [3.05, 3.63) is 0 Å².